The first-order valence-electron chi connectivity index (χ1n) is 6.35. The number of nitriles is 1. The second-order valence-corrected chi connectivity index (χ2v) is 4.30. The molecule has 106 valence electrons. The van der Waals surface area contributed by atoms with Gasteiger partial charge in [-0.25, -0.2) is 4.79 Å². The topological polar surface area (TPSA) is 72.2 Å². The Morgan fingerprint density at radius 1 is 1.24 bits per heavy atom. The molecule has 0 aliphatic rings. The Bertz CT molecular complexity index is 643. The number of rotatable bonds is 5. The minimum Gasteiger partial charge on any atom is -0.487 e. The summed E-state index contributed by atoms with van der Waals surface area (Å²) in [4.78, 5) is 15.4. The SMILES string of the molecule is COC(=O)c1ccc(COc2ccc(CC#N)cc2)nc1. The summed E-state index contributed by atoms with van der Waals surface area (Å²) in [5.41, 5.74) is 2.07. The Labute approximate surface area is 122 Å². The summed E-state index contributed by atoms with van der Waals surface area (Å²) in [7, 11) is 1.33. The lowest BCUT2D eigenvalue weighted by molar-refractivity contribution is 0.0600. The lowest BCUT2D eigenvalue weighted by Gasteiger charge is -2.06. The molecule has 2 aromatic rings. The largest absolute Gasteiger partial charge is 0.487 e. The van der Waals surface area contributed by atoms with E-state index in [1.807, 2.05) is 24.3 Å². The van der Waals surface area contributed by atoms with E-state index in [1.54, 1.807) is 12.1 Å². The maximum atomic E-state index is 11.3. The highest BCUT2D eigenvalue weighted by atomic mass is 16.5. The number of pyridine rings is 1. The summed E-state index contributed by atoms with van der Waals surface area (Å²) in [6.45, 7) is 0.305. The van der Waals surface area contributed by atoms with Crippen LogP contribution in [0.5, 0.6) is 5.75 Å². The van der Waals surface area contributed by atoms with Crippen LogP contribution in [0.25, 0.3) is 0 Å². The Hall–Kier alpha value is -2.87. The zero-order chi connectivity index (χ0) is 15.1. The molecule has 0 atom stereocenters. The molecule has 0 aliphatic carbocycles. The van der Waals surface area contributed by atoms with Crippen LogP contribution in [0.2, 0.25) is 0 Å². The van der Waals surface area contributed by atoms with Crippen LogP contribution in [-0.2, 0) is 17.8 Å². The van der Waals surface area contributed by atoms with E-state index in [4.69, 9.17) is 10.00 Å². The maximum Gasteiger partial charge on any atom is 0.339 e. The number of ether oxygens (including phenoxy) is 2. The van der Waals surface area contributed by atoms with Gasteiger partial charge in [0.1, 0.15) is 12.4 Å². The van der Waals surface area contributed by atoms with E-state index in [9.17, 15) is 4.79 Å². The van der Waals surface area contributed by atoms with E-state index < -0.39 is 5.97 Å². The average Bonchev–Trinajstić information content (AvgIpc) is 2.54. The van der Waals surface area contributed by atoms with Gasteiger partial charge in [0, 0.05) is 6.20 Å². The molecule has 0 spiro atoms. The van der Waals surface area contributed by atoms with Crippen molar-refractivity contribution in [3.05, 3.63) is 59.4 Å². The van der Waals surface area contributed by atoms with Crippen molar-refractivity contribution < 1.29 is 14.3 Å². The monoisotopic (exact) mass is 282 g/mol. The molecule has 0 aliphatic heterocycles. The minimum atomic E-state index is -0.414. The van der Waals surface area contributed by atoms with Gasteiger partial charge in [0.15, 0.2) is 0 Å². The number of esters is 1. The molecule has 1 aromatic heterocycles. The van der Waals surface area contributed by atoms with Gasteiger partial charge in [-0.3, -0.25) is 4.98 Å². The molecular formula is C16H14N2O3. The highest BCUT2D eigenvalue weighted by Crippen LogP contribution is 2.14. The van der Waals surface area contributed by atoms with Crippen molar-refractivity contribution in [1.82, 2.24) is 4.98 Å². The fourth-order valence-electron chi connectivity index (χ4n) is 1.70. The molecule has 0 unspecified atom stereocenters. The molecule has 5 nitrogen and oxygen atoms in total. The van der Waals surface area contributed by atoms with Crippen LogP contribution in [-0.4, -0.2) is 18.1 Å². The molecule has 0 bridgehead atoms. The normalized spacial score (nSPS) is 9.71. The fourth-order valence-corrected chi connectivity index (χ4v) is 1.70. The van der Waals surface area contributed by atoms with Gasteiger partial charge >= 0.3 is 5.97 Å². The first-order chi connectivity index (χ1) is 10.2. The van der Waals surface area contributed by atoms with Crippen molar-refractivity contribution in [1.29, 1.82) is 5.26 Å². The van der Waals surface area contributed by atoms with Gasteiger partial charge in [0.2, 0.25) is 0 Å². The average molecular weight is 282 g/mol. The third-order valence-corrected chi connectivity index (χ3v) is 2.84. The molecule has 0 N–H and O–H groups in total. The van der Waals surface area contributed by atoms with E-state index in [0.717, 1.165) is 5.56 Å². The predicted molar refractivity (Wildman–Crippen MR) is 75.7 cm³/mol. The van der Waals surface area contributed by atoms with Crippen LogP contribution >= 0.6 is 0 Å². The Morgan fingerprint density at radius 3 is 2.57 bits per heavy atom. The van der Waals surface area contributed by atoms with Crippen molar-refractivity contribution in [2.24, 2.45) is 0 Å². The summed E-state index contributed by atoms with van der Waals surface area (Å²) in [6, 6.07) is 12.8. The van der Waals surface area contributed by atoms with Crippen molar-refractivity contribution in [3.8, 4) is 11.8 Å². The van der Waals surface area contributed by atoms with Gasteiger partial charge < -0.3 is 9.47 Å². The summed E-state index contributed by atoms with van der Waals surface area (Å²) >= 11 is 0. The maximum absolute atomic E-state index is 11.3. The number of carbonyl (C=O) groups is 1. The van der Waals surface area contributed by atoms with Gasteiger partial charge in [-0.1, -0.05) is 12.1 Å². The summed E-state index contributed by atoms with van der Waals surface area (Å²) in [6.07, 6.45) is 1.84. The van der Waals surface area contributed by atoms with Crippen LogP contribution < -0.4 is 4.74 Å². The van der Waals surface area contributed by atoms with E-state index in [0.29, 0.717) is 30.0 Å². The summed E-state index contributed by atoms with van der Waals surface area (Å²) in [5.74, 6) is 0.290. The highest BCUT2D eigenvalue weighted by Gasteiger charge is 2.05. The van der Waals surface area contributed by atoms with Gasteiger partial charge in [-0.15, -0.1) is 0 Å². The lowest BCUT2D eigenvalue weighted by Crippen LogP contribution is -2.04. The second-order valence-electron chi connectivity index (χ2n) is 4.30. The fraction of sp³-hybridized carbons (Fsp3) is 0.188. The van der Waals surface area contributed by atoms with Crippen molar-refractivity contribution in [2.75, 3.05) is 7.11 Å². The van der Waals surface area contributed by atoms with Crippen LogP contribution in [0.15, 0.2) is 42.6 Å². The zero-order valence-electron chi connectivity index (χ0n) is 11.6. The molecular weight excluding hydrogens is 268 g/mol. The molecule has 1 aromatic carbocycles. The smallest absolute Gasteiger partial charge is 0.339 e. The number of carbonyl (C=O) groups excluding carboxylic acids is 1. The minimum absolute atomic E-state index is 0.305. The molecule has 0 saturated carbocycles. The van der Waals surface area contributed by atoms with Gasteiger partial charge in [-0.05, 0) is 29.8 Å². The third kappa shape index (κ3) is 4.05. The molecule has 0 fully saturated rings. The molecule has 2 rings (SSSR count). The number of methoxy groups -OCH3 is 1. The quantitative estimate of drug-likeness (QED) is 0.788. The van der Waals surface area contributed by atoms with Crippen molar-refractivity contribution >= 4 is 5.97 Å². The number of benzene rings is 1. The van der Waals surface area contributed by atoms with Gasteiger partial charge in [0.05, 0.1) is 30.9 Å². The Balaban J connectivity index is 1.93. The van der Waals surface area contributed by atoms with Crippen LogP contribution in [0.4, 0.5) is 0 Å². The van der Waals surface area contributed by atoms with E-state index >= 15 is 0 Å². The van der Waals surface area contributed by atoms with E-state index in [-0.39, 0.29) is 0 Å². The molecule has 21 heavy (non-hydrogen) atoms. The first kappa shape index (κ1) is 14.5. The summed E-state index contributed by atoms with van der Waals surface area (Å²) in [5, 5.41) is 8.60. The Kier molecular flexibility index (Phi) is 4.89. The van der Waals surface area contributed by atoms with Crippen LogP contribution in [0, 0.1) is 11.3 Å². The van der Waals surface area contributed by atoms with Crippen LogP contribution in [0.1, 0.15) is 21.6 Å². The summed E-state index contributed by atoms with van der Waals surface area (Å²) < 4.78 is 10.2. The number of aromatic nitrogens is 1. The number of nitrogens with zero attached hydrogens (tertiary/aromatic N) is 2. The highest BCUT2D eigenvalue weighted by molar-refractivity contribution is 5.88. The second kappa shape index (κ2) is 7.06. The van der Waals surface area contributed by atoms with Gasteiger partial charge in [0.25, 0.3) is 0 Å². The molecule has 0 radical (unpaired) electrons. The molecule has 0 saturated heterocycles. The standard InChI is InChI=1S/C16H14N2O3/c1-20-16(19)13-4-5-14(18-10-13)11-21-15-6-2-12(3-7-15)8-9-17/h2-7,10H,8,11H2,1H3. The number of hydrogen-bond acceptors (Lipinski definition) is 5. The molecule has 1 heterocycles. The van der Waals surface area contributed by atoms with E-state index in [2.05, 4.69) is 15.8 Å². The first-order valence-corrected chi connectivity index (χ1v) is 6.35. The number of hydrogen-bond donors (Lipinski definition) is 0. The van der Waals surface area contributed by atoms with Crippen molar-refractivity contribution in [3.63, 3.8) is 0 Å². The molecule has 5 heteroatoms. The van der Waals surface area contributed by atoms with E-state index in [1.165, 1.54) is 13.3 Å². The predicted octanol–water partition coefficient (Wildman–Crippen LogP) is 2.51. The lowest BCUT2D eigenvalue weighted by atomic mass is 10.2. The Morgan fingerprint density at radius 2 is 2.00 bits per heavy atom. The molecule has 0 amide bonds. The van der Waals surface area contributed by atoms with Crippen LogP contribution in [0.3, 0.4) is 0 Å². The zero-order valence-corrected chi connectivity index (χ0v) is 11.6. The van der Waals surface area contributed by atoms with Gasteiger partial charge in [-0.2, -0.15) is 5.26 Å². The third-order valence-electron chi connectivity index (χ3n) is 2.84. The van der Waals surface area contributed by atoms with Crippen molar-refractivity contribution in [2.45, 2.75) is 13.0 Å².